The van der Waals surface area contributed by atoms with Crippen LogP contribution in [0.2, 0.25) is 0 Å². The highest BCUT2D eigenvalue weighted by Gasteiger charge is 2.18. The summed E-state index contributed by atoms with van der Waals surface area (Å²) >= 11 is 1.42. The molecule has 3 rings (SSSR count). The molecule has 0 fully saturated rings. The zero-order valence-corrected chi connectivity index (χ0v) is 16.9. The Kier molecular flexibility index (Phi) is 6.86. The van der Waals surface area contributed by atoms with E-state index < -0.39 is 11.9 Å². The lowest BCUT2D eigenvalue weighted by Crippen LogP contribution is -2.31. The van der Waals surface area contributed by atoms with Crippen molar-refractivity contribution in [2.45, 2.75) is 13.0 Å². The number of carbonyl (C=O) groups is 2. The standard InChI is InChI=1S/C22H21NO5S/c1-15(19-5-3-11-27-19)23-21(24)14-28-22(25)18(20-6-4-12-29-20)13-16-7-9-17(26-2)10-8-16/h3-13,15H,14H2,1-2H3,(H,23,24)/b18-13+/t15-/m1/s1. The molecule has 0 bridgehead atoms. The Balaban J connectivity index is 1.67. The molecule has 7 heteroatoms. The number of hydrogen-bond donors (Lipinski definition) is 1. The summed E-state index contributed by atoms with van der Waals surface area (Å²) in [6.45, 7) is 1.41. The molecule has 3 aromatic rings. The summed E-state index contributed by atoms with van der Waals surface area (Å²) in [5, 5.41) is 4.61. The summed E-state index contributed by atoms with van der Waals surface area (Å²) in [5.41, 5.74) is 1.21. The van der Waals surface area contributed by atoms with Crippen LogP contribution in [0.25, 0.3) is 11.6 Å². The average Bonchev–Trinajstić information content (AvgIpc) is 3.45. The summed E-state index contributed by atoms with van der Waals surface area (Å²) in [5.74, 6) is 0.384. The van der Waals surface area contributed by atoms with Crippen molar-refractivity contribution in [1.82, 2.24) is 5.32 Å². The number of nitrogens with one attached hydrogen (secondary N) is 1. The largest absolute Gasteiger partial charge is 0.497 e. The van der Waals surface area contributed by atoms with Crippen molar-refractivity contribution in [2.75, 3.05) is 13.7 Å². The molecule has 29 heavy (non-hydrogen) atoms. The smallest absolute Gasteiger partial charge is 0.340 e. The lowest BCUT2D eigenvalue weighted by atomic mass is 10.1. The van der Waals surface area contributed by atoms with Gasteiger partial charge < -0.3 is 19.2 Å². The molecule has 2 heterocycles. The van der Waals surface area contributed by atoms with E-state index in [0.29, 0.717) is 11.3 Å². The monoisotopic (exact) mass is 411 g/mol. The molecule has 0 saturated carbocycles. The van der Waals surface area contributed by atoms with E-state index >= 15 is 0 Å². The van der Waals surface area contributed by atoms with Crippen molar-refractivity contribution in [1.29, 1.82) is 0 Å². The molecule has 1 amide bonds. The zero-order valence-electron chi connectivity index (χ0n) is 16.1. The zero-order chi connectivity index (χ0) is 20.6. The Morgan fingerprint density at radius 1 is 1.17 bits per heavy atom. The molecule has 1 atom stereocenters. The highest BCUT2D eigenvalue weighted by molar-refractivity contribution is 7.11. The Labute approximate surface area is 172 Å². The fourth-order valence-corrected chi connectivity index (χ4v) is 3.36. The number of ether oxygens (including phenoxy) is 2. The molecule has 150 valence electrons. The van der Waals surface area contributed by atoms with E-state index in [9.17, 15) is 9.59 Å². The van der Waals surface area contributed by atoms with Gasteiger partial charge in [0.1, 0.15) is 11.5 Å². The summed E-state index contributed by atoms with van der Waals surface area (Å²) in [6.07, 6.45) is 3.27. The van der Waals surface area contributed by atoms with E-state index in [-0.39, 0.29) is 12.6 Å². The molecule has 0 aliphatic heterocycles. The lowest BCUT2D eigenvalue weighted by molar-refractivity contribution is -0.143. The molecule has 0 radical (unpaired) electrons. The molecule has 0 aliphatic rings. The third-order valence-corrected chi connectivity index (χ3v) is 5.02. The third-order valence-electron chi connectivity index (χ3n) is 4.12. The van der Waals surface area contributed by atoms with Crippen molar-refractivity contribution in [3.63, 3.8) is 0 Å². The number of furan rings is 1. The van der Waals surface area contributed by atoms with Gasteiger partial charge in [-0.25, -0.2) is 4.79 Å². The highest BCUT2D eigenvalue weighted by Crippen LogP contribution is 2.25. The number of amides is 1. The summed E-state index contributed by atoms with van der Waals surface area (Å²) in [4.78, 5) is 25.6. The minimum absolute atomic E-state index is 0.317. The molecular weight excluding hydrogens is 390 g/mol. The van der Waals surface area contributed by atoms with Gasteiger partial charge >= 0.3 is 5.97 Å². The maximum Gasteiger partial charge on any atom is 0.340 e. The van der Waals surface area contributed by atoms with Crippen LogP contribution in [-0.4, -0.2) is 25.6 Å². The van der Waals surface area contributed by atoms with Crippen LogP contribution in [-0.2, 0) is 14.3 Å². The van der Waals surface area contributed by atoms with E-state index in [1.807, 2.05) is 41.8 Å². The molecule has 2 aromatic heterocycles. The van der Waals surface area contributed by atoms with Crippen LogP contribution in [0, 0.1) is 0 Å². The van der Waals surface area contributed by atoms with Crippen LogP contribution in [0.4, 0.5) is 0 Å². The van der Waals surface area contributed by atoms with E-state index in [0.717, 1.165) is 16.2 Å². The van der Waals surface area contributed by atoms with Crippen molar-refractivity contribution < 1.29 is 23.5 Å². The molecule has 0 spiro atoms. The number of carbonyl (C=O) groups excluding carboxylic acids is 2. The molecule has 0 aliphatic carbocycles. The van der Waals surface area contributed by atoms with Gasteiger partial charge in [-0.3, -0.25) is 4.79 Å². The number of benzene rings is 1. The van der Waals surface area contributed by atoms with Crippen molar-refractivity contribution in [3.05, 3.63) is 76.4 Å². The second-order valence-electron chi connectivity index (χ2n) is 6.19. The van der Waals surface area contributed by atoms with Gasteiger partial charge in [0.2, 0.25) is 0 Å². The van der Waals surface area contributed by atoms with Gasteiger partial charge in [-0.15, -0.1) is 11.3 Å². The Hall–Kier alpha value is -3.32. The van der Waals surface area contributed by atoms with Gasteiger partial charge in [0, 0.05) is 4.88 Å². The SMILES string of the molecule is COc1ccc(/C=C(/C(=O)OCC(=O)N[C@H](C)c2ccco2)c2cccs2)cc1. The Morgan fingerprint density at radius 2 is 1.97 bits per heavy atom. The van der Waals surface area contributed by atoms with Crippen LogP contribution < -0.4 is 10.1 Å². The first kappa shape index (κ1) is 20.4. The fourth-order valence-electron chi connectivity index (χ4n) is 2.63. The Morgan fingerprint density at radius 3 is 2.59 bits per heavy atom. The van der Waals surface area contributed by atoms with Crippen molar-refractivity contribution in [3.8, 4) is 5.75 Å². The van der Waals surface area contributed by atoms with Crippen molar-refractivity contribution in [2.24, 2.45) is 0 Å². The predicted octanol–water partition coefficient (Wildman–Crippen LogP) is 4.31. The number of thiophene rings is 1. The quantitative estimate of drug-likeness (QED) is 0.441. The lowest BCUT2D eigenvalue weighted by Gasteiger charge is -2.12. The topological polar surface area (TPSA) is 77.8 Å². The molecule has 1 aromatic carbocycles. The maximum absolute atomic E-state index is 12.7. The minimum Gasteiger partial charge on any atom is -0.497 e. The number of hydrogen-bond acceptors (Lipinski definition) is 6. The predicted molar refractivity (Wildman–Crippen MR) is 111 cm³/mol. The second kappa shape index (κ2) is 9.75. The van der Waals surface area contributed by atoms with Crippen LogP contribution in [0.3, 0.4) is 0 Å². The van der Waals surface area contributed by atoms with Crippen LogP contribution >= 0.6 is 11.3 Å². The second-order valence-corrected chi connectivity index (χ2v) is 7.14. The first-order chi connectivity index (χ1) is 14.1. The maximum atomic E-state index is 12.7. The Bertz CT molecular complexity index is 959. The van der Waals surface area contributed by atoms with Crippen LogP contribution in [0.1, 0.15) is 29.2 Å². The van der Waals surface area contributed by atoms with E-state index in [4.69, 9.17) is 13.9 Å². The molecule has 0 unspecified atom stereocenters. The summed E-state index contributed by atoms with van der Waals surface area (Å²) < 4.78 is 15.7. The molecule has 6 nitrogen and oxygen atoms in total. The fraction of sp³-hybridized carbons (Fsp3) is 0.182. The van der Waals surface area contributed by atoms with Crippen LogP contribution in [0.5, 0.6) is 5.75 Å². The van der Waals surface area contributed by atoms with E-state index in [2.05, 4.69) is 5.32 Å². The van der Waals surface area contributed by atoms with Gasteiger partial charge in [0.05, 0.1) is 25.0 Å². The van der Waals surface area contributed by atoms with Crippen molar-refractivity contribution >= 4 is 34.9 Å². The highest BCUT2D eigenvalue weighted by atomic mass is 32.1. The van der Waals surface area contributed by atoms with Gasteiger partial charge in [-0.2, -0.15) is 0 Å². The average molecular weight is 411 g/mol. The van der Waals surface area contributed by atoms with Gasteiger partial charge in [0.25, 0.3) is 5.91 Å². The van der Waals surface area contributed by atoms with E-state index in [1.165, 1.54) is 17.6 Å². The normalized spacial score (nSPS) is 12.3. The minimum atomic E-state index is -0.566. The third kappa shape index (κ3) is 5.58. The van der Waals surface area contributed by atoms with Gasteiger partial charge in [-0.05, 0) is 54.3 Å². The molecule has 0 saturated heterocycles. The number of methoxy groups -OCH3 is 1. The molecule has 1 N–H and O–H groups in total. The van der Waals surface area contributed by atoms with E-state index in [1.54, 1.807) is 32.2 Å². The summed E-state index contributed by atoms with van der Waals surface area (Å²) in [7, 11) is 1.59. The first-order valence-electron chi connectivity index (χ1n) is 8.96. The van der Waals surface area contributed by atoms with Gasteiger partial charge in [-0.1, -0.05) is 18.2 Å². The molecular formula is C22H21NO5S. The summed E-state index contributed by atoms with van der Waals surface area (Å²) in [6, 6.07) is 14.2. The number of rotatable bonds is 8. The van der Waals surface area contributed by atoms with Crippen LogP contribution in [0.15, 0.2) is 64.6 Å². The number of esters is 1. The van der Waals surface area contributed by atoms with Gasteiger partial charge in [0.15, 0.2) is 6.61 Å². The first-order valence-corrected chi connectivity index (χ1v) is 9.84.